The Morgan fingerprint density at radius 3 is 2.58 bits per heavy atom. The van der Waals surface area contributed by atoms with E-state index < -0.39 is 18.2 Å². The summed E-state index contributed by atoms with van der Waals surface area (Å²) < 4.78 is 0. The highest BCUT2D eigenvalue weighted by molar-refractivity contribution is 6.35. The van der Waals surface area contributed by atoms with Crippen molar-refractivity contribution >= 4 is 41.1 Å². The second-order valence-electron chi connectivity index (χ2n) is 8.28. The van der Waals surface area contributed by atoms with Crippen LogP contribution in [-0.2, 0) is 11.3 Å². The lowest BCUT2D eigenvalue weighted by Crippen LogP contribution is -2.64. The minimum Gasteiger partial charge on any atom is -0.340 e. The van der Waals surface area contributed by atoms with Gasteiger partial charge in [-0.15, -0.1) is 0 Å². The van der Waals surface area contributed by atoms with Crippen molar-refractivity contribution in [3.05, 3.63) is 46.0 Å². The lowest BCUT2D eigenvalue weighted by atomic mass is 10.1. The predicted octanol–water partition coefficient (Wildman–Crippen LogP) is 2.24. The first-order valence-corrected chi connectivity index (χ1v) is 11.0. The molecule has 2 fully saturated rings. The molecule has 0 aliphatic carbocycles. The molecule has 10 heteroatoms. The summed E-state index contributed by atoms with van der Waals surface area (Å²) >= 11 is 12.5. The maximum atomic E-state index is 12.8. The largest absolute Gasteiger partial charge is 0.340 e. The second-order valence-corrected chi connectivity index (χ2v) is 9.12. The third kappa shape index (κ3) is 4.37. The van der Waals surface area contributed by atoms with Gasteiger partial charge in [-0.05, 0) is 24.6 Å². The Balaban J connectivity index is 1.61. The Labute approximate surface area is 192 Å². The quantitative estimate of drug-likeness (QED) is 0.691. The Kier molecular flexibility index (Phi) is 6.14. The van der Waals surface area contributed by atoms with Gasteiger partial charge >= 0.3 is 6.03 Å². The molecule has 1 aromatic rings. The molecule has 166 valence electrons. The van der Waals surface area contributed by atoms with Crippen LogP contribution >= 0.6 is 23.2 Å². The van der Waals surface area contributed by atoms with E-state index in [0.717, 1.165) is 43.9 Å². The van der Waals surface area contributed by atoms with Crippen LogP contribution in [0.3, 0.4) is 0 Å². The highest BCUT2D eigenvalue weighted by Crippen LogP contribution is 2.30. The monoisotopic (exact) mass is 464 g/mol. The molecular formula is C21H26Cl2N6O2. The number of aliphatic imine (C=N–C) groups is 1. The molecule has 3 aliphatic rings. The number of benzene rings is 1. The fraction of sp³-hybridized carbons (Fsp3) is 0.476. The average molecular weight is 465 g/mol. The number of nitrogens with zero attached hydrogens (tertiary/aromatic N) is 5. The molecule has 31 heavy (non-hydrogen) atoms. The first-order valence-electron chi connectivity index (χ1n) is 10.2. The van der Waals surface area contributed by atoms with Crippen LogP contribution in [0, 0.1) is 0 Å². The Hall–Kier alpha value is -2.29. The molecule has 0 radical (unpaired) electrons. The number of fused-ring (bicyclic) bond motifs is 1. The van der Waals surface area contributed by atoms with Crippen molar-refractivity contribution in [1.82, 2.24) is 24.9 Å². The molecule has 0 bridgehead atoms. The standard InChI is InChI=1S/C21H26Cl2N6O2/c1-13(2)11-27-6-8-28(9-7-27)20-24-18-17(19(30)25-21(31)26(18)3)29(20)12-14-4-5-15(22)10-16(14)23/h4-5,10,17-18H,1,6-9,11-12H2,2-3H3,(H,25,30,31). The van der Waals surface area contributed by atoms with Gasteiger partial charge in [0.25, 0.3) is 5.91 Å². The molecule has 1 N–H and O–H groups in total. The molecule has 2 unspecified atom stereocenters. The van der Waals surface area contributed by atoms with Crippen LogP contribution in [-0.4, -0.2) is 89.5 Å². The number of imide groups is 1. The summed E-state index contributed by atoms with van der Waals surface area (Å²) in [5, 5.41) is 3.52. The summed E-state index contributed by atoms with van der Waals surface area (Å²) in [6.07, 6.45) is -0.573. The smallest absolute Gasteiger partial charge is 0.325 e. The van der Waals surface area contributed by atoms with Gasteiger partial charge in [-0.25, -0.2) is 9.79 Å². The van der Waals surface area contributed by atoms with Gasteiger partial charge < -0.3 is 14.7 Å². The van der Waals surface area contributed by atoms with Crippen molar-refractivity contribution in [1.29, 1.82) is 0 Å². The Bertz CT molecular complexity index is 944. The van der Waals surface area contributed by atoms with E-state index in [-0.39, 0.29) is 5.91 Å². The molecule has 4 rings (SSSR count). The van der Waals surface area contributed by atoms with Crippen LogP contribution in [0.1, 0.15) is 12.5 Å². The minimum absolute atomic E-state index is 0.349. The van der Waals surface area contributed by atoms with Crippen molar-refractivity contribution in [2.24, 2.45) is 4.99 Å². The van der Waals surface area contributed by atoms with Gasteiger partial charge in [0.1, 0.15) is 0 Å². The number of rotatable bonds is 4. The van der Waals surface area contributed by atoms with E-state index in [0.29, 0.717) is 22.5 Å². The van der Waals surface area contributed by atoms with E-state index in [2.05, 4.69) is 21.7 Å². The predicted molar refractivity (Wildman–Crippen MR) is 121 cm³/mol. The van der Waals surface area contributed by atoms with E-state index >= 15 is 0 Å². The van der Waals surface area contributed by atoms with E-state index in [1.807, 2.05) is 17.9 Å². The minimum atomic E-state index is -0.613. The fourth-order valence-electron chi connectivity index (χ4n) is 4.26. The number of guanidine groups is 1. The summed E-state index contributed by atoms with van der Waals surface area (Å²) in [4.78, 5) is 37.8. The first-order chi connectivity index (χ1) is 14.7. The van der Waals surface area contributed by atoms with Gasteiger partial charge in [0.05, 0.1) is 0 Å². The topological polar surface area (TPSA) is 71.5 Å². The van der Waals surface area contributed by atoms with Gasteiger partial charge in [-0.3, -0.25) is 15.0 Å². The molecule has 0 saturated carbocycles. The lowest BCUT2D eigenvalue weighted by Gasteiger charge is -2.40. The van der Waals surface area contributed by atoms with E-state index in [9.17, 15) is 9.59 Å². The van der Waals surface area contributed by atoms with E-state index in [4.69, 9.17) is 28.2 Å². The van der Waals surface area contributed by atoms with Crippen molar-refractivity contribution in [2.45, 2.75) is 25.7 Å². The third-order valence-corrected chi connectivity index (χ3v) is 6.43. The van der Waals surface area contributed by atoms with Gasteiger partial charge in [-0.2, -0.15) is 0 Å². The molecule has 0 aromatic heterocycles. The van der Waals surface area contributed by atoms with Crippen molar-refractivity contribution in [3.63, 3.8) is 0 Å². The zero-order valence-electron chi connectivity index (χ0n) is 17.6. The lowest BCUT2D eigenvalue weighted by molar-refractivity contribution is -0.127. The van der Waals surface area contributed by atoms with Crippen LogP contribution in [0.15, 0.2) is 35.3 Å². The molecule has 1 aromatic carbocycles. The summed E-state index contributed by atoms with van der Waals surface area (Å²) in [5.74, 6) is 0.366. The maximum Gasteiger partial charge on any atom is 0.325 e. The molecule has 2 saturated heterocycles. The van der Waals surface area contributed by atoms with Gasteiger partial charge in [-0.1, -0.05) is 41.4 Å². The third-order valence-electron chi connectivity index (χ3n) is 5.84. The number of likely N-dealkylation sites (N-methyl/N-ethyl adjacent to an activating group) is 1. The summed E-state index contributed by atoms with van der Waals surface area (Å²) in [6.45, 7) is 10.6. The molecule has 2 atom stereocenters. The van der Waals surface area contributed by atoms with Gasteiger partial charge in [0.15, 0.2) is 18.2 Å². The average Bonchev–Trinajstić information content (AvgIpc) is 3.08. The van der Waals surface area contributed by atoms with Crippen molar-refractivity contribution in [3.8, 4) is 0 Å². The highest BCUT2D eigenvalue weighted by Gasteiger charge is 2.50. The molecule has 8 nitrogen and oxygen atoms in total. The van der Waals surface area contributed by atoms with E-state index in [1.165, 1.54) is 4.90 Å². The summed E-state index contributed by atoms with van der Waals surface area (Å²) in [6, 6.07) is 4.27. The molecule has 3 amide bonds. The molecular weight excluding hydrogens is 439 g/mol. The van der Waals surface area contributed by atoms with Gasteiger partial charge in [0, 0.05) is 56.4 Å². The van der Waals surface area contributed by atoms with Crippen LogP contribution in [0.2, 0.25) is 10.0 Å². The number of hydrogen-bond donors (Lipinski definition) is 1. The molecule has 3 heterocycles. The Morgan fingerprint density at radius 2 is 1.94 bits per heavy atom. The van der Waals surface area contributed by atoms with Crippen LogP contribution in [0.25, 0.3) is 0 Å². The van der Waals surface area contributed by atoms with Crippen LogP contribution < -0.4 is 5.32 Å². The van der Waals surface area contributed by atoms with Gasteiger partial charge in [0.2, 0.25) is 0 Å². The summed E-state index contributed by atoms with van der Waals surface area (Å²) in [5.41, 5.74) is 1.97. The number of hydrogen-bond acceptors (Lipinski definition) is 6. The van der Waals surface area contributed by atoms with Crippen molar-refractivity contribution in [2.75, 3.05) is 39.8 Å². The highest BCUT2D eigenvalue weighted by atomic mass is 35.5. The number of amides is 3. The van der Waals surface area contributed by atoms with Crippen LogP contribution in [0.4, 0.5) is 4.79 Å². The molecule has 0 spiro atoms. The number of urea groups is 1. The normalized spacial score (nSPS) is 24.3. The zero-order valence-corrected chi connectivity index (χ0v) is 19.2. The number of piperazine rings is 1. The first kappa shape index (κ1) is 21.9. The van der Waals surface area contributed by atoms with E-state index in [1.54, 1.807) is 19.2 Å². The SMILES string of the molecule is C=C(C)CN1CCN(C2=NC3C(C(=O)NC(=O)N3C)N2Cc2ccc(Cl)cc2Cl)CC1. The molecule has 3 aliphatic heterocycles. The number of halogens is 2. The maximum absolute atomic E-state index is 12.8. The number of carbonyl (C=O) groups is 2. The Morgan fingerprint density at radius 1 is 1.23 bits per heavy atom. The number of nitrogens with one attached hydrogen (secondary N) is 1. The van der Waals surface area contributed by atoms with Crippen LogP contribution in [0.5, 0.6) is 0 Å². The fourth-order valence-corrected chi connectivity index (χ4v) is 4.73. The van der Waals surface area contributed by atoms with Crippen molar-refractivity contribution < 1.29 is 9.59 Å². The zero-order chi connectivity index (χ0) is 22.3. The number of carbonyl (C=O) groups excluding carboxylic acids is 2. The summed E-state index contributed by atoms with van der Waals surface area (Å²) in [7, 11) is 1.66. The second kappa shape index (κ2) is 8.68.